The molecule has 4 rings (SSSR count). The van der Waals surface area contributed by atoms with Gasteiger partial charge in [0.1, 0.15) is 5.69 Å². The summed E-state index contributed by atoms with van der Waals surface area (Å²) < 4.78 is 12.3. The van der Waals surface area contributed by atoms with Crippen LogP contribution < -0.4 is 20.1 Å². The van der Waals surface area contributed by atoms with E-state index in [1.54, 1.807) is 29.5 Å². The highest BCUT2D eigenvalue weighted by Gasteiger charge is 2.14. The zero-order chi connectivity index (χ0) is 17.1. The minimum absolute atomic E-state index is 0.211. The highest BCUT2D eigenvalue weighted by atomic mass is 32.1. The van der Waals surface area contributed by atoms with E-state index in [-0.39, 0.29) is 12.8 Å². The standard InChI is InChI=1S/C17H16N4O3S/c22-17(19-12-3-4-14-15(10-12)24-11-23-14)18-6-8-21-7-5-13(20-21)16-2-1-9-25-16/h1-5,7,9-10H,6,8,11H2,(H2,18,19,22). The molecule has 3 aromatic rings. The number of aromatic nitrogens is 2. The van der Waals surface area contributed by atoms with Crippen molar-refractivity contribution >= 4 is 23.1 Å². The van der Waals surface area contributed by atoms with Gasteiger partial charge in [-0.3, -0.25) is 4.68 Å². The first-order valence-corrected chi connectivity index (χ1v) is 8.68. The number of nitrogens with one attached hydrogen (secondary N) is 2. The fourth-order valence-electron chi connectivity index (χ4n) is 2.48. The normalized spacial score (nSPS) is 12.2. The summed E-state index contributed by atoms with van der Waals surface area (Å²) >= 11 is 1.65. The van der Waals surface area contributed by atoms with Gasteiger partial charge in [0.25, 0.3) is 0 Å². The second kappa shape index (κ2) is 6.86. The molecule has 0 saturated carbocycles. The number of carbonyl (C=O) groups excluding carboxylic acids is 1. The second-order valence-electron chi connectivity index (χ2n) is 5.39. The smallest absolute Gasteiger partial charge is 0.319 e. The van der Waals surface area contributed by atoms with Gasteiger partial charge in [0.05, 0.1) is 11.4 Å². The van der Waals surface area contributed by atoms with Gasteiger partial charge in [-0.2, -0.15) is 5.10 Å². The molecule has 3 heterocycles. The maximum atomic E-state index is 12.0. The lowest BCUT2D eigenvalue weighted by molar-refractivity contribution is 0.174. The summed E-state index contributed by atoms with van der Waals surface area (Å²) in [6.45, 7) is 1.28. The summed E-state index contributed by atoms with van der Waals surface area (Å²) in [6.07, 6.45) is 1.91. The molecule has 0 unspecified atom stereocenters. The van der Waals surface area contributed by atoms with E-state index in [0.717, 1.165) is 10.6 Å². The van der Waals surface area contributed by atoms with E-state index < -0.39 is 0 Å². The number of ether oxygens (including phenoxy) is 2. The average molecular weight is 356 g/mol. The van der Waals surface area contributed by atoms with Gasteiger partial charge in [-0.25, -0.2) is 4.79 Å². The lowest BCUT2D eigenvalue weighted by Gasteiger charge is -2.08. The highest BCUT2D eigenvalue weighted by molar-refractivity contribution is 7.13. The van der Waals surface area contributed by atoms with Crippen molar-refractivity contribution < 1.29 is 14.3 Å². The first-order valence-electron chi connectivity index (χ1n) is 7.80. The maximum absolute atomic E-state index is 12.0. The van der Waals surface area contributed by atoms with Crippen LogP contribution in [0.2, 0.25) is 0 Å². The van der Waals surface area contributed by atoms with Crippen LogP contribution in [0.3, 0.4) is 0 Å². The van der Waals surface area contributed by atoms with Gasteiger partial charge >= 0.3 is 6.03 Å². The lowest BCUT2D eigenvalue weighted by Crippen LogP contribution is -2.31. The van der Waals surface area contributed by atoms with Gasteiger partial charge < -0.3 is 20.1 Å². The number of rotatable bonds is 5. The zero-order valence-electron chi connectivity index (χ0n) is 13.3. The van der Waals surface area contributed by atoms with Crippen molar-refractivity contribution in [2.75, 3.05) is 18.7 Å². The van der Waals surface area contributed by atoms with Gasteiger partial charge in [0, 0.05) is 24.5 Å². The van der Waals surface area contributed by atoms with Gasteiger partial charge in [-0.15, -0.1) is 11.3 Å². The SMILES string of the molecule is O=C(NCCn1ccc(-c2cccs2)n1)Nc1ccc2c(c1)OCO2. The van der Waals surface area contributed by atoms with Gasteiger partial charge in [-0.05, 0) is 29.6 Å². The van der Waals surface area contributed by atoms with Crippen LogP contribution in [0.25, 0.3) is 10.6 Å². The van der Waals surface area contributed by atoms with E-state index in [9.17, 15) is 4.79 Å². The van der Waals surface area contributed by atoms with Crippen LogP contribution in [0.4, 0.5) is 10.5 Å². The van der Waals surface area contributed by atoms with Crippen molar-refractivity contribution in [2.45, 2.75) is 6.54 Å². The third kappa shape index (κ3) is 3.58. The second-order valence-corrected chi connectivity index (χ2v) is 6.34. The molecule has 0 saturated heterocycles. The molecule has 7 nitrogen and oxygen atoms in total. The Morgan fingerprint density at radius 1 is 1.24 bits per heavy atom. The maximum Gasteiger partial charge on any atom is 0.319 e. The summed E-state index contributed by atoms with van der Waals surface area (Å²) in [5.74, 6) is 1.32. The van der Waals surface area contributed by atoms with Crippen LogP contribution in [0, 0.1) is 0 Å². The van der Waals surface area contributed by atoms with E-state index in [0.29, 0.717) is 30.3 Å². The summed E-state index contributed by atoms with van der Waals surface area (Å²) in [7, 11) is 0. The molecule has 2 amide bonds. The quantitative estimate of drug-likeness (QED) is 0.736. The Bertz CT molecular complexity index is 876. The zero-order valence-corrected chi connectivity index (χ0v) is 14.1. The molecule has 0 radical (unpaired) electrons. The summed E-state index contributed by atoms with van der Waals surface area (Å²) in [5.41, 5.74) is 1.60. The number of thiophene rings is 1. The van der Waals surface area contributed by atoms with Crippen LogP contribution in [-0.2, 0) is 6.54 Å². The highest BCUT2D eigenvalue weighted by Crippen LogP contribution is 2.34. The van der Waals surface area contributed by atoms with Gasteiger partial charge in [0.15, 0.2) is 11.5 Å². The number of carbonyl (C=O) groups is 1. The average Bonchev–Trinajstić information content (AvgIpc) is 3.35. The molecule has 128 valence electrons. The molecule has 0 aliphatic carbocycles. The molecular weight excluding hydrogens is 340 g/mol. The molecule has 0 spiro atoms. The van der Waals surface area contributed by atoms with Crippen molar-refractivity contribution in [2.24, 2.45) is 0 Å². The molecule has 2 N–H and O–H groups in total. The van der Waals surface area contributed by atoms with Crippen molar-refractivity contribution in [3.8, 4) is 22.1 Å². The van der Waals surface area contributed by atoms with E-state index in [4.69, 9.17) is 9.47 Å². The molecule has 1 aromatic carbocycles. The Morgan fingerprint density at radius 3 is 3.04 bits per heavy atom. The van der Waals surface area contributed by atoms with Crippen LogP contribution >= 0.6 is 11.3 Å². The lowest BCUT2D eigenvalue weighted by atomic mass is 10.3. The Balaban J connectivity index is 1.26. The van der Waals surface area contributed by atoms with Gasteiger partial charge in [-0.1, -0.05) is 6.07 Å². The molecule has 0 fully saturated rings. The summed E-state index contributed by atoms with van der Waals surface area (Å²) in [6, 6.07) is 11.0. The third-order valence-electron chi connectivity index (χ3n) is 3.67. The Morgan fingerprint density at radius 2 is 2.16 bits per heavy atom. The van der Waals surface area contributed by atoms with Crippen LogP contribution in [-0.4, -0.2) is 29.1 Å². The number of hydrogen-bond acceptors (Lipinski definition) is 5. The Kier molecular flexibility index (Phi) is 4.26. The predicted octanol–water partition coefficient (Wildman–Crippen LogP) is 3.16. The monoisotopic (exact) mass is 356 g/mol. The van der Waals surface area contributed by atoms with E-state index in [1.165, 1.54) is 0 Å². The Hall–Kier alpha value is -3.00. The number of amides is 2. The molecule has 0 bridgehead atoms. The minimum atomic E-state index is -0.274. The Labute approximate surface area is 148 Å². The van der Waals surface area contributed by atoms with Crippen molar-refractivity contribution in [3.05, 3.63) is 48.0 Å². The fraction of sp³-hybridized carbons (Fsp3) is 0.176. The van der Waals surface area contributed by atoms with E-state index in [2.05, 4.69) is 15.7 Å². The minimum Gasteiger partial charge on any atom is -0.454 e. The summed E-state index contributed by atoms with van der Waals surface area (Å²) in [4.78, 5) is 13.1. The van der Waals surface area contributed by atoms with E-state index in [1.807, 2.05) is 34.5 Å². The first-order chi connectivity index (χ1) is 12.3. The number of anilines is 1. The molecule has 1 aliphatic rings. The number of fused-ring (bicyclic) bond motifs is 1. The first kappa shape index (κ1) is 15.5. The molecule has 0 atom stereocenters. The molecule has 1 aliphatic heterocycles. The molecule has 2 aromatic heterocycles. The number of urea groups is 1. The van der Waals surface area contributed by atoms with Crippen molar-refractivity contribution in [1.82, 2.24) is 15.1 Å². The molecule has 25 heavy (non-hydrogen) atoms. The van der Waals surface area contributed by atoms with Crippen molar-refractivity contribution in [3.63, 3.8) is 0 Å². The molecule has 8 heteroatoms. The number of nitrogens with zero attached hydrogens (tertiary/aromatic N) is 2. The largest absolute Gasteiger partial charge is 0.454 e. The number of benzene rings is 1. The summed E-state index contributed by atoms with van der Waals surface area (Å²) in [5, 5.41) is 12.1. The van der Waals surface area contributed by atoms with Crippen molar-refractivity contribution in [1.29, 1.82) is 0 Å². The van der Waals surface area contributed by atoms with Gasteiger partial charge in [0.2, 0.25) is 6.79 Å². The topological polar surface area (TPSA) is 77.4 Å². The number of hydrogen-bond donors (Lipinski definition) is 2. The van der Waals surface area contributed by atoms with E-state index >= 15 is 0 Å². The van der Waals surface area contributed by atoms with Crippen LogP contribution in [0.1, 0.15) is 0 Å². The third-order valence-corrected chi connectivity index (χ3v) is 4.56. The predicted molar refractivity (Wildman–Crippen MR) is 95.1 cm³/mol. The van der Waals surface area contributed by atoms with Crippen LogP contribution in [0.5, 0.6) is 11.5 Å². The fourth-order valence-corrected chi connectivity index (χ4v) is 3.17. The molecular formula is C17H16N4O3S. The van der Waals surface area contributed by atoms with Crippen LogP contribution in [0.15, 0.2) is 48.0 Å².